The van der Waals surface area contributed by atoms with Gasteiger partial charge in [-0.15, -0.1) is 0 Å². The molecule has 0 radical (unpaired) electrons. The van der Waals surface area contributed by atoms with E-state index in [1.807, 2.05) is 18.5 Å². The molecule has 1 aliphatic heterocycles. The number of likely N-dealkylation sites (tertiary alicyclic amines) is 1. The highest BCUT2D eigenvalue weighted by Gasteiger charge is 2.21. The lowest BCUT2D eigenvalue weighted by atomic mass is 10.1. The second kappa shape index (κ2) is 9.76. The van der Waals surface area contributed by atoms with Crippen LogP contribution in [0.4, 0.5) is 0 Å². The number of aromatic nitrogens is 2. The minimum Gasteiger partial charge on any atom is -0.385 e. The molecule has 0 unspecified atom stereocenters. The van der Waals surface area contributed by atoms with Crippen LogP contribution in [0.3, 0.4) is 0 Å². The van der Waals surface area contributed by atoms with Crippen LogP contribution in [0.25, 0.3) is 11.4 Å². The second-order valence-electron chi connectivity index (χ2n) is 7.22. The molecule has 3 rings (SSSR count). The van der Waals surface area contributed by atoms with E-state index in [9.17, 15) is 0 Å². The summed E-state index contributed by atoms with van der Waals surface area (Å²) in [6.07, 6.45) is 6.27. The van der Waals surface area contributed by atoms with E-state index in [-0.39, 0.29) is 0 Å². The fourth-order valence-corrected chi connectivity index (χ4v) is 3.51. The molecule has 0 aliphatic carbocycles. The summed E-state index contributed by atoms with van der Waals surface area (Å²) in [5.74, 6) is 1.53. The third-order valence-electron chi connectivity index (χ3n) is 4.94. The van der Waals surface area contributed by atoms with Crippen LogP contribution in [0, 0.1) is 12.8 Å². The maximum absolute atomic E-state index is 5.13. The predicted molar refractivity (Wildman–Crippen MR) is 105 cm³/mol. The molecule has 5 heteroatoms. The molecule has 0 spiro atoms. The molecule has 0 saturated carbocycles. The minimum absolute atomic E-state index is 0.741. The summed E-state index contributed by atoms with van der Waals surface area (Å²) >= 11 is 0. The summed E-state index contributed by atoms with van der Waals surface area (Å²) in [6, 6.07) is 8.30. The Labute approximate surface area is 156 Å². The van der Waals surface area contributed by atoms with Crippen LogP contribution in [0.15, 0.2) is 36.7 Å². The fraction of sp³-hybridized carbons (Fsp3) is 0.524. The van der Waals surface area contributed by atoms with Crippen molar-refractivity contribution in [2.24, 2.45) is 5.92 Å². The van der Waals surface area contributed by atoms with Gasteiger partial charge >= 0.3 is 0 Å². The Morgan fingerprint density at radius 1 is 1.27 bits per heavy atom. The van der Waals surface area contributed by atoms with Crippen LogP contribution in [-0.2, 0) is 11.3 Å². The lowest BCUT2D eigenvalue weighted by Gasteiger charge is -2.16. The van der Waals surface area contributed by atoms with Gasteiger partial charge in [0.15, 0.2) is 5.82 Å². The van der Waals surface area contributed by atoms with E-state index in [0.717, 1.165) is 55.5 Å². The van der Waals surface area contributed by atoms with Crippen molar-refractivity contribution in [2.45, 2.75) is 26.3 Å². The summed E-state index contributed by atoms with van der Waals surface area (Å²) < 4.78 is 5.13. The lowest BCUT2D eigenvalue weighted by Crippen LogP contribution is -2.27. The highest BCUT2D eigenvalue weighted by molar-refractivity contribution is 5.55. The van der Waals surface area contributed by atoms with Crippen molar-refractivity contribution < 1.29 is 4.74 Å². The van der Waals surface area contributed by atoms with E-state index < -0.39 is 0 Å². The van der Waals surface area contributed by atoms with Crippen LogP contribution >= 0.6 is 0 Å². The van der Waals surface area contributed by atoms with Gasteiger partial charge in [-0.1, -0.05) is 23.8 Å². The molecule has 1 aliphatic rings. The van der Waals surface area contributed by atoms with Gasteiger partial charge in [-0.3, -0.25) is 0 Å². The molecule has 1 fully saturated rings. The molecule has 140 valence electrons. The number of nitrogens with one attached hydrogen (secondary N) is 1. The fourth-order valence-electron chi connectivity index (χ4n) is 3.51. The van der Waals surface area contributed by atoms with E-state index in [0.29, 0.717) is 0 Å². The topological polar surface area (TPSA) is 50.3 Å². The van der Waals surface area contributed by atoms with E-state index in [4.69, 9.17) is 4.74 Å². The number of benzene rings is 1. The van der Waals surface area contributed by atoms with Gasteiger partial charge in [0, 0.05) is 56.9 Å². The van der Waals surface area contributed by atoms with E-state index >= 15 is 0 Å². The Hall–Kier alpha value is -1.82. The van der Waals surface area contributed by atoms with Crippen molar-refractivity contribution in [3.05, 3.63) is 47.8 Å². The van der Waals surface area contributed by atoms with Crippen molar-refractivity contribution in [2.75, 3.05) is 39.9 Å². The van der Waals surface area contributed by atoms with Gasteiger partial charge in [0.1, 0.15) is 0 Å². The van der Waals surface area contributed by atoms with Crippen molar-refractivity contribution in [1.82, 2.24) is 20.2 Å². The molecule has 0 bridgehead atoms. The summed E-state index contributed by atoms with van der Waals surface area (Å²) in [7, 11) is 1.77. The molecular formula is C21H30N4O. The zero-order valence-corrected chi connectivity index (χ0v) is 15.9. The summed E-state index contributed by atoms with van der Waals surface area (Å²) in [5.41, 5.74) is 3.44. The van der Waals surface area contributed by atoms with Gasteiger partial charge in [0.2, 0.25) is 0 Å². The third kappa shape index (κ3) is 5.59. The number of ether oxygens (including phenoxy) is 1. The Morgan fingerprint density at radius 3 is 2.88 bits per heavy atom. The van der Waals surface area contributed by atoms with Crippen molar-refractivity contribution in [3.63, 3.8) is 0 Å². The van der Waals surface area contributed by atoms with Crippen LogP contribution in [-0.4, -0.2) is 54.8 Å². The number of methoxy groups -OCH3 is 1. The van der Waals surface area contributed by atoms with Gasteiger partial charge in [-0.25, -0.2) is 9.97 Å². The normalized spacial score (nSPS) is 17.7. The molecule has 2 heterocycles. The van der Waals surface area contributed by atoms with Gasteiger partial charge < -0.3 is 15.0 Å². The van der Waals surface area contributed by atoms with Crippen molar-refractivity contribution >= 4 is 0 Å². The molecule has 2 aromatic rings. The van der Waals surface area contributed by atoms with E-state index in [1.165, 1.54) is 25.1 Å². The quantitative estimate of drug-likeness (QED) is 0.702. The smallest absolute Gasteiger partial charge is 0.159 e. The third-order valence-corrected chi connectivity index (χ3v) is 4.94. The van der Waals surface area contributed by atoms with Crippen LogP contribution in [0.2, 0.25) is 0 Å². The molecule has 26 heavy (non-hydrogen) atoms. The zero-order valence-electron chi connectivity index (χ0n) is 15.9. The molecule has 0 amide bonds. The van der Waals surface area contributed by atoms with Crippen molar-refractivity contribution in [3.8, 4) is 11.4 Å². The first kappa shape index (κ1) is 19.0. The molecular weight excluding hydrogens is 324 g/mol. The van der Waals surface area contributed by atoms with Gasteiger partial charge in [-0.05, 0) is 44.8 Å². The first-order valence-electron chi connectivity index (χ1n) is 9.54. The molecule has 1 aromatic carbocycles. The van der Waals surface area contributed by atoms with Crippen LogP contribution in [0.5, 0.6) is 0 Å². The number of nitrogens with zero attached hydrogens (tertiary/aromatic N) is 3. The van der Waals surface area contributed by atoms with Crippen LogP contribution in [0.1, 0.15) is 24.0 Å². The number of hydrogen-bond donors (Lipinski definition) is 1. The summed E-state index contributed by atoms with van der Waals surface area (Å²) in [6.45, 7) is 8.39. The van der Waals surface area contributed by atoms with Gasteiger partial charge in [0.05, 0.1) is 0 Å². The van der Waals surface area contributed by atoms with Gasteiger partial charge in [0.25, 0.3) is 0 Å². The molecule has 5 nitrogen and oxygen atoms in total. The summed E-state index contributed by atoms with van der Waals surface area (Å²) in [4.78, 5) is 11.6. The average Bonchev–Trinajstić information content (AvgIpc) is 3.10. The summed E-state index contributed by atoms with van der Waals surface area (Å²) in [5, 5.41) is 3.57. The number of rotatable bonds is 9. The number of aryl methyl sites for hydroxylation is 1. The average molecular weight is 354 g/mol. The lowest BCUT2D eigenvalue weighted by molar-refractivity contribution is 0.178. The molecule has 1 N–H and O–H groups in total. The second-order valence-corrected chi connectivity index (χ2v) is 7.22. The maximum Gasteiger partial charge on any atom is 0.159 e. The Bertz CT molecular complexity index is 674. The monoisotopic (exact) mass is 354 g/mol. The first-order valence-corrected chi connectivity index (χ1v) is 9.54. The largest absolute Gasteiger partial charge is 0.385 e. The Balaban J connectivity index is 1.40. The SMILES string of the molecule is COCCCN1CC[C@@H](CNCc2cnc(-c3cccc(C)c3)nc2)C1. The molecule has 1 saturated heterocycles. The molecule has 1 aromatic heterocycles. The van der Waals surface area contributed by atoms with Crippen molar-refractivity contribution in [1.29, 1.82) is 0 Å². The standard InChI is InChI=1S/C21H30N4O/c1-17-5-3-6-20(11-17)21-23-14-19(15-24-21)13-22-12-18-7-9-25(16-18)8-4-10-26-2/h3,5-6,11,14-15,18,22H,4,7-10,12-13,16H2,1-2H3/t18-/m0/s1. The number of hydrogen-bond acceptors (Lipinski definition) is 5. The van der Waals surface area contributed by atoms with Crippen LogP contribution < -0.4 is 5.32 Å². The first-order chi connectivity index (χ1) is 12.7. The van der Waals surface area contributed by atoms with Gasteiger partial charge in [-0.2, -0.15) is 0 Å². The Kier molecular flexibility index (Phi) is 7.12. The minimum atomic E-state index is 0.741. The van der Waals surface area contributed by atoms with E-state index in [2.05, 4.69) is 45.3 Å². The maximum atomic E-state index is 5.13. The predicted octanol–water partition coefficient (Wildman–Crippen LogP) is 2.90. The molecule has 1 atom stereocenters. The van der Waals surface area contributed by atoms with E-state index in [1.54, 1.807) is 7.11 Å². The highest BCUT2D eigenvalue weighted by atomic mass is 16.5. The zero-order chi connectivity index (χ0) is 18.2. The Morgan fingerprint density at radius 2 is 2.12 bits per heavy atom. The highest BCUT2D eigenvalue weighted by Crippen LogP contribution is 2.17.